The van der Waals surface area contributed by atoms with E-state index in [2.05, 4.69) is 17.4 Å². The zero-order chi connectivity index (χ0) is 15.6. The normalized spacial score (nSPS) is 26.6. The second-order valence-electron chi connectivity index (χ2n) is 6.05. The SMILES string of the molecule is Cc1cc(C(=O)NC2(C(N)=NO)CCC(C)CC2)sc1C. The number of amides is 1. The molecule has 1 heterocycles. The number of carbonyl (C=O) groups is 1. The standard InChI is InChI=1S/C15H23N3O2S/c1-9-4-6-15(7-5-9,14(16)18-20)17-13(19)12-8-10(2)11(3)21-12/h8-9,20H,4-7H2,1-3H3,(H2,16,18)(H,17,19). The van der Waals surface area contributed by atoms with Crippen molar-refractivity contribution in [2.45, 2.75) is 52.0 Å². The van der Waals surface area contributed by atoms with Gasteiger partial charge in [0.2, 0.25) is 0 Å². The van der Waals surface area contributed by atoms with Crippen LogP contribution < -0.4 is 11.1 Å². The van der Waals surface area contributed by atoms with Crippen molar-refractivity contribution in [1.82, 2.24) is 5.32 Å². The molecule has 4 N–H and O–H groups in total. The van der Waals surface area contributed by atoms with Gasteiger partial charge in [0.25, 0.3) is 5.91 Å². The third-order valence-electron chi connectivity index (χ3n) is 4.47. The van der Waals surface area contributed by atoms with Crippen LogP contribution in [0.2, 0.25) is 0 Å². The molecule has 0 atom stereocenters. The van der Waals surface area contributed by atoms with E-state index in [-0.39, 0.29) is 11.7 Å². The average Bonchev–Trinajstić information content (AvgIpc) is 2.80. The lowest BCUT2D eigenvalue weighted by molar-refractivity contribution is 0.0901. The average molecular weight is 309 g/mol. The third kappa shape index (κ3) is 3.20. The van der Waals surface area contributed by atoms with Crippen LogP contribution in [0.25, 0.3) is 0 Å². The number of thiophene rings is 1. The van der Waals surface area contributed by atoms with Gasteiger partial charge >= 0.3 is 0 Å². The molecule has 1 aromatic rings. The van der Waals surface area contributed by atoms with E-state index in [1.807, 2.05) is 19.9 Å². The monoisotopic (exact) mass is 309 g/mol. The molecule has 0 bridgehead atoms. The Labute approximate surface area is 129 Å². The van der Waals surface area contributed by atoms with E-state index < -0.39 is 5.54 Å². The number of nitrogens with two attached hydrogens (primary N) is 1. The summed E-state index contributed by atoms with van der Waals surface area (Å²) in [5.41, 5.74) is 6.27. The van der Waals surface area contributed by atoms with Crippen molar-refractivity contribution in [3.05, 3.63) is 21.4 Å². The maximum Gasteiger partial charge on any atom is 0.262 e. The van der Waals surface area contributed by atoms with Crippen molar-refractivity contribution in [3.63, 3.8) is 0 Å². The van der Waals surface area contributed by atoms with Crippen LogP contribution >= 0.6 is 11.3 Å². The van der Waals surface area contributed by atoms with Crippen molar-refractivity contribution in [2.75, 3.05) is 0 Å². The first-order valence-corrected chi connectivity index (χ1v) is 8.07. The number of nitrogens with one attached hydrogen (secondary N) is 1. The van der Waals surface area contributed by atoms with Crippen LogP contribution in [-0.4, -0.2) is 22.5 Å². The van der Waals surface area contributed by atoms with Gasteiger partial charge in [0, 0.05) is 4.88 Å². The zero-order valence-electron chi connectivity index (χ0n) is 12.8. The lowest BCUT2D eigenvalue weighted by Gasteiger charge is -2.38. The number of rotatable bonds is 3. The maximum absolute atomic E-state index is 12.5. The van der Waals surface area contributed by atoms with E-state index in [0.29, 0.717) is 23.6 Å². The number of amidine groups is 1. The van der Waals surface area contributed by atoms with Gasteiger partial charge in [0.15, 0.2) is 5.84 Å². The summed E-state index contributed by atoms with van der Waals surface area (Å²) in [7, 11) is 0. The molecule has 116 valence electrons. The van der Waals surface area contributed by atoms with Crippen LogP contribution in [0.1, 0.15) is 52.7 Å². The van der Waals surface area contributed by atoms with Gasteiger partial charge in [0.1, 0.15) is 5.54 Å². The first kappa shape index (κ1) is 15.8. The van der Waals surface area contributed by atoms with Gasteiger partial charge in [-0.2, -0.15) is 0 Å². The fourth-order valence-corrected chi connectivity index (χ4v) is 3.69. The number of aryl methyl sites for hydroxylation is 2. The summed E-state index contributed by atoms with van der Waals surface area (Å²) in [5, 5.41) is 15.2. The molecule has 5 nitrogen and oxygen atoms in total. The summed E-state index contributed by atoms with van der Waals surface area (Å²) in [6.45, 7) is 6.17. The molecule has 1 aromatic heterocycles. The molecule has 0 spiro atoms. The van der Waals surface area contributed by atoms with Gasteiger partial charge in [-0.05, 0) is 57.1 Å². The summed E-state index contributed by atoms with van der Waals surface area (Å²) in [4.78, 5) is 14.3. The fraction of sp³-hybridized carbons (Fsp3) is 0.600. The van der Waals surface area contributed by atoms with Crippen molar-refractivity contribution in [1.29, 1.82) is 0 Å². The highest BCUT2D eigenvalue weighted by Gasteiger charge is 2.40. The highest BCUT2D eigenvalue weighted by molar-refractivity contribution is 7.14. The van der Waals surface area contributed by atoms with E-state index in [1.165, 1.54) is 11.3 Å². The molecule has 0 saturated heterocycles. The highest BCUT2D eigenvalue weighted by Crippen LogP contribution is 2.33. The molecule has 1 saturated carbocycles. The highest BCUT2D eigenvalue weighted by atomic mass is 32.1. The Hall–Kier alpha value is -1.56. The zero-order valence-corrected chi connectivity index (χ0v) is 13.6. The molecule has 6 heteroatoms. The number of hydrogen-bond donors (Lipinski definition) is 3. The molecule has 0 unspecified atom stereocenters. The van der Waals surface area contributed by atoms with Gasteiger partial charge in [-0.3, -0.25) is 4.79 Å². The van der Waals surface area contributed by atoms with Gasteiger partial charge in [-0.15, -0.1) is 11.3 Å². The van der Waals surface area contributed by atoms with Crippen LogP contribution in [0.4, 0.5) is 0 Å². The van der Waals surface area contributed by atoms with E-state index in [9.17, 15) is 4.79 Å². The Kier molecular flexibility index (Phi) is 4.56. The van der Waals surface area contributed by atoms with Gasteiger partial charge in [0.05, 0.1) is 4.88 Å². The van der Waals surface area contributed by atoms with Crippen LogP contribution in [0.3, 0.4) is 0 Å². The molecule has 0 aliphatic heterocycles. The Balaban J connectivity index is 2.21. The van der Waals surface area contributed by atoms with Crippen LogP contribution in [0.15, 0.2) is 11.2 Å². The minimum atomic E-state index is -0.718. The summed E-state index contributed by atoms with van der Waals surface area (Å²) >= 11 is 1.47. The molecular formula is C15H23N3O2S. The summed E-state index contributed by atoms with van der Waals surface area (Å²) in [6, 6.07) is 1.89. The Bertz CT molecular complexity index is 538. The number of nitrogens with zero attached hydrogens (tertiary/aromatic N) is 1. The lowest BCUT2D eigenvalue weighted by Crippen LogP contribution is -2.59. The first-order chi connectivity index (χ1) is 9.88. The number of oxime groups is 1. The molecule has 0 aromatic carbocycles. The quantitative estimate of drug-likeness (QED) is 0.347. The van der Waals surface area contributed by atoms with Gasteiger partial charge in [-0.25, -0.2) is 0 Å². The minimum Gasteiger partial charge on any atom is -0.409 e. The molecular weight excluding hydrogens is 286 g/mol. The Morgan fingerprint density at radius 3 is 2.57 bits per heavy atom. The second-order valence-corrected chi connectivity index (χ2v) is 7.31. The maximum atomic E-state index is 12.5. The van der Waals surface area contributed by atoms with Crippen molar-refractivity contribution in [2.24, 2.45) is 16.8 Å². The summed E-state index contributed by atoms with van der Waals surface area (Å²) in [5.74, 6) is 0.567. The largest absolute Gasteiger partial charge is 0.409 e. The van der Waals surface area contributed by atoms with Crippen LogP contribution in [-0.2, 0) is 0 Å². The smallest absolute Gasteiger partial charge is 0.262 e. The Morgan fingerprint density at radius 1 is 1.48 bits per heavy atom. The molecule has 2 rings (SSSR count). The van der Waals surface area contributed by atoms with Crippen molar-refractivity contribution >= 4 is 23.1 Å². The molecule has 1 aliphatic carbocycles. The summed E-state index contributed by atoms with van der Waals surface area (Å²) in [6.07, 6.45) is 3.33. The second kappa shape index (κ2) is 6.05. The molecule has 1 amide bonds. The lowest BCUT2D eigenvalue weighted by atomic mass is 9.76. The molecule has 21 heavy (non-hydrogen) atoms. The first-order valence-electron chi connectivity index (χ1n) is 7.25. The van der Waals surface area contributed by atoms with E-state index in [4.69, 9.17) is 10.9 Å². The predicted octanol–water partition coefficient (Wildman–Crippen LogP) is 2.79. The van der Waals surface area contributed by atoms with Gasteiger partial charge < -0.3 is 16.3 Å². The minimum absolute atomic E-state index is 0.104. The van der Waals surface area contributed by atoms with Crippen LogP contribution in [0, 0.1) is 19.8 Å². The van der Waals surface area contributed by atoms with Gasteiger partial charge in [-0.1, -0.05) is 12.1 Å². The number of hydrogen-bond acceptors (Lipinski definition) is 4. The van der Waals surface area contributed by atoms with E-state index >= 15 is 0 Å². The molecule has 0 radical (unpaired) electrons. The Morgan fingerprint density at radius 2 is 2.10 bits per heavy atom. The summed E-state index contributed by atoms with van der Waals surface area (Å²) < 4.78 is 0. The number of carbonyl (C=O) groups excluding carboxylic acids is 1. The van der Waals surface area contributed by atoms with E-state index in [0.717, 1.165) is 23.3 Å². The predicted molar refractivity (Wildman–Crippen MR) is 85.0 cm³/mol. The fourth-order valence-electron chi connectivity index (χ4n) is 2.76. The van der Waals surface area contributed by atoms with Crippen molar-refractivity contribution < 1.29 is 10.0 Å². The molecule has 1 aliphatic rings. The van der Waals surface area contributed by atoms with E-state index in [1.54, 1.807) is 0 Å². The third-order valence-corrected chi connectivity index (χ3v) is 5.62. The van der Waals surface area contributed by atoms with Crippen molar-refractivity contribution in [3.8, 4) is 0 Å². The van der Waals surface area contributed by atoms with Crippen LogP contribution in [0.5, 0.6) is 0 Å². The molecule has 1 fully saturated rings. The topological polar surface area (TPSA) is 87.7 Å².